The summed E-state index contributed by atoms with van der Waals surface area (Å²) in [4.78, 5) is 25.3. The van der Waals surface area contributed by atoms with Gasteiger partial charge in [0.05, 0.1) is 6.04 Å². The zero-order valence-electron chi connectivity index (χ0n) is 16.2. The Balaban J connectivity index is 1.28. The molecule has 0 unspecified atom stereocenters. The van der Waals surface area contributed by atoms with E-state index in [0.717, 1.165) is 44.3 Å². The predicted molar refractivity (Wildman–Crippen MR) is 107 cm³/mol. The summed E-state index contributed by atoms with van der Waals surface area (Å²) in [5.74, 6) is 1.61. The maximum atomic E-state index is 12.4. The highest BCUT2D eigenvalue weighted by atomic mass is 16.1. The number of nitrogens with zero attached hydrogens (tertiary/aromatic N) is 7. The third kappa shape index (κ3) is 3.64. The molecule has 0 amide bonds. The minimum absolute atomic E-state index is 0.0739. The lowest BCUT2D eigenvalue weighted by atomic mass is 9.90. The Morgan fingerprint density at radius 3 is 2.69 bits per heavy atom. The number of anilines is 1. The Labute approximate surface area is 168 Å². The molecule has 0 bridgehead atoms. The Morgan fingerprint density at radius 2 is 1.86 bits per heavy atom. The standard InChI is InChI=1S/C20H24N8O/c29-19-10-9-18(27-13-21-11-24-27)26-28(19)15-7-5-14(6-8-15)25-20-16-3-1-2-4-17(16)22-12-23-20/h9-15H,1-8H2,(H,22,23,25). The Kier molecular flexibility index (Phi) is 4.79. The van der Waals surface area contributed by atoms with Crippen LogP contribution in [-0.4, -0.2) is 40.6 Å². The average Bonchev–Trinajstić information content (AvgIpc) is 3.30. The molecule has 1 saturated carbocycles. The first-order chi connectivity index (χ1) is 14.3. The zero-order chi connectivity index (χ0) is 19.6. The van der Waals surface area contributed by atoms with Crippen molar-refractivity contribution in [2.75, 3.05) is 5.32 Å². The quantitative estimate of drug-likeness (QED) is 0.725. The highest BCUT2D eigenvalue weighted by Gasteiger charge is 2.25. The van der Waals surface area contributed by atoms with Crippen LogP contribution in [0.3, 0.4) is 0 Å². The van der Waals surface area contributed by atoms with Crippen LogP contribution in [0.25, 0.3) is 5.82 Å². The van der Waals surface area contributed by atoms with Crippen LogP contribution in [-0.2, 0) is 12.8 Å². The van der Waals surface area contributed by atoms with Crippen LogP contribution in [0.2, 0.25) is 0 Å². The van der Waals surface area contributed by atoms with Gasteiger partial charge in [0.2, 0.25) is 0 Å². The first-order valence-corrected chi connectivity index (χ1v) is 10.3. The van der Waals surface area contributed by atoms with Gasteiger partial charge in [-0.1, -0.05) is 0 Å². The minimum atomic E-state index is -0.0739. The van der Waals surface area contributed by atoms with Crippen molar-refractivity contribution in [3.05, 3.63) is 52.7 Å². The number of fused-ring (bicyclic) bond motifs is 1. The fourth-order valence-corrected chi connectivity index (χ4v) is 4.43. The lowest BCUT2D eigenvalue weighted by molar-refractivity contribution is 0.302. The van der Waals surface area contributed by atoms with Crippen molar-refractivity contribution >= 4 is 5.82 Å². The molecule has 3 aromatic heterocycles. The molecule has 0 aliphatic heterocycles. The minimum Gasteiger partial charge on any atom is -0.367 e. The molecule has 0 saturated heterocycles. The summed E-state index contributed by atoms with van der Waals surface area (Å²) in [7, 11) is 0. The fourth-order valence-electron chi connectivity index (χ4n) is 4.43. The van der Waals surface area contributed by atoms with Gasteiger partial charge < -0.3 is 5.32 Å². The molecule has 9 heteroatoms. The molecule has 3 aromatic rings. The molecule has 2 aliphatic carbocycles. The molecule has 1 N–H and O–H groups in total. The van der Waals surface area contributed by atoms with Crippen molar-refractivity contribution in [3.63, 3.8) is 0 Å². The van der Waals surface area contributed by atoms with Crippen molar-refractivity contribution in [3.8, 4) is 5.82 Å². The SMILES string of the molecule is O=c1ccc(-n2cncn2)nn1C1CCC(Nc2ncnc3c2CCCC3)CC1. The van der Waals surface area contributed by atoms with Crippen LogP contribution in [0, 0.1) is 0 Å². The molecule has 29 heavy (non-hydrogen) atoms. The molecule has 150 valence electrons. The van der Waals surface area contributed by atoms with Gasteiger partial charge in [-0.3, -0.25) is 4.79 Å². The van der Waals surface area contributed by atoms with E-state index in [1.54, 1.807) is 34.2 Å². The number of rotatable bonds is 4. The summed E-state index contributed by atoms with van der Waals surface area (Å²) in [6.45, 7) is 0. The molecule has 5 rings (SSSR count). The van der Waals surface area contributed by atoms with Crippen LogP contribution in [0.15, 0.2) is 35.9 Å². The molecular weight excluding hydrogens is 368 g/mol. The second kappa shape index (κ2) is 7.73. The van der Waals surface area contributed by atoms with Crippen LogP contribution in [0.5, 0.6) is 0 Å². The number of hydrogen-bond acceptors (Lipinski definition) is 7. The molecule has 9 nitrogen and oxygen atoms in total. The monoisotopic (exact) mass is 392 g/mol. The molecular formula is C20H24N8O. The number of nitrogens with one attached hydrogen (secondary N) is 1. The van der Waals surface area contributed by atoms with Crippen LogP contribution in [0.4, 0.5) is 5.82 Å². The molecule has 2 aliphatic rings. The highest BCUT2D eigenvalue weighted by molar-refractivity contribution is 5.47. The third-order valence-corrected chi connectivity index (χ3v) is 5.97. The van der Waals surface area contributed by atoms with Gasteiger partial charge >= 0.3 is 0 Å². The van der Waals surface area contributed by atoms with E-state index in [0.29, 0.717) is 11.9 Å². The van der Waals surface area contributed by atoms with Gasteiger partial charge in [-0.25, -0.2) is 24.3 Å². The first kappa shape index (κ1) is 18.0. The van der Waals surface area contributed by atoms with Gasteiger partial charge in [0, 0.05) is 23.4 Å². The third-order valence-electron chi connectivity index (χ3n) is 5.97. The van der Waals surface area contributed by atoms with Crippen molar-refractivity contribution in [1.29, 1.82) is 0 Å². The smallest absolute Gasteiger partial charge is 0.267 e. The van der Waals surface area contributed by atoms with E-state index >= 15 is 0 Å². The summed E-state index contributed by atoms with van der Waals surface area (Å²) in [6.07, 6.45) is 13.0. The molecule has 0 spiro atoms. The van der Waals surface area contributed by atoms with Gasteiger partial charge in [0.15, 0.2) is 5.82 Å². The second-order valence-corrected chi connectivity index (χ2v) is 7.82. The highest BCUT2D eigenvalue weighted by Crippen LogP contribution is 2.31. The van der Waals surface area contributed by atoms with E-state index in [4.69, 9.17) is 0 Å². The molecule has 1 fully saturated rings. The molecule has 0 aromatic carbocycles. The lowest BCUT2D eigenvalue weighted by Gasteiger charge is -2.31. The topological polar surface area (TPSA) is 103 Å². The van der Waals surface area contributed by atoms with E-state index < -0.39 is 0 Å². The lowest BCUT2D eigenvalue weighted by Crippen LogP contribution is -2.34. The maximum absolute atomic E-state index is 12.4. The van der Waals surface area contributed by atoms with Crippen molar-refractivity contribution in [2.24, 2.45) is 0 Å². The Hall–Kier alpha value is -3.10. The van der Waals surface area contributed by atoms with E-state index in [1.807, 2.05) is 0 Å². The van der Waals surface area contributed by atoms with E-state index in [1.165, 1.54) is 30.4 Å². The number of aryl methyl sites for hydroxylation is 1. The Morgan fingerprint density at radius 1 is 1.00 bits per heavy atom. The maximum Gasteiger partial charge on any atom is 0.267 e. The largest absolute Gasteiger partial charge is 0.367 e. The number of aromatic nitrogens is 7. The number of hydrogen-bond donors (Lipinski definition) is 1. The van der Waals surface area contributed by atoms with Crippen molar-refractivity contribution in [1.82, 2.24) is 34.5 Å². The Bertz CT molecular complexity index is 1040. The molecule has 0 radical (unpaired) electrons. The summed E-state index contributed by atoms with van der Waals surface area (Å²) < 4.78 is 3.18. The van der Waals surface area contributed by atoms with Crippen LogP contribution in [0.1, 0.15) is 55.8 Å². The summed E-state index contributed by atoms with van der Waals surface area (Å²) in [5, 5.41) is 12.3. The van der Waals surface area contributed by atoms with Crippen LogP contribution < -0.4 is 10.9 Å². The van der Waals surface area contributed by atoms with Crippen molar-refractivity contribution < 1.29 is 0 Å². The first-order valence-electron chi connectivity index (χ1n) is 10.3. The van der Waals surface area contributed by atoms with E-state index in [2.05, 4.69) is 30.5 Å². The van der Waals surface area contributed by atoms with Gasteiger partial charge in [0.25, 0.3) is 5.56 Å². The van der Waals surface area contributed by atoms with Crippen LogP contribution >= 0.6 is 0 Å². The molecule has 3 heterocycles. The van der Waals surface area contributed by atoms with E-state index in [-0.39, 0.29) is 11.6 Å². The predicted octanol–water partition coefficient (Wildman–Crippen LogP) is 2.09. The van der Waals surface area contributed by atoms with Gasteiger partial charge in [0.1, 0.15) is 24.8 Å². The summed E-state index contributed by atoms with van der Waals surface area (Å²) >= 11 is 0. The van der Waals surface area contributed by atoms with Gasteiger partial charge in [-0.2, -0.15) is 5.10 Å². The fraction of sp³-hybridized carbons (Fsp3) is 0.500. The summed E-state index contributed by atoms with van der Waals surface area (Å²) in [5.41, 5.74) is 2.41. The van der Waals surface area contributed by atoms with Crippen molar-refractivity contribution in [2.45, 2.75) is 63.5 Å². The summed E-state index contributed by atoms with van der Waals surface area (Å²) in [6, 6.07) is 3.70. The second-order valence-electron chi connectivity index (χ2n) is 7.82. The normalized spacial score (nSPS) is 21.5. The van der Waals surface area contributed by atoms with E-state index in [9.17, 15) is 4.79 Å². The van der Waals surface area contributed by atoms with Gasteiger partial charge in [-0.15, -0.1) is 5.10 Å². The zero-order valence-corrected chi connectivity index (χ0v) is 16.2. The molecule has 0 atom stereocenters. The van der Waals surface area contributed by atoms with Gasteiger partial charge in [-0.05, 0) is 57.4 Å². The average molecular weight is 392 g/mol.